The Morgan fingerprint density at radius 1 is 1.67 bits per heavy atom. The van der Waals surface area contributed by atoms with E-state index in [1.165, 1.54) is 11.7 Å². The van der Waals surface area contributed by atoms with Crippen molar-refractivity contribution in [2.45, 2.75) is 0 Å². The van der Waals surface area contributed by atoms with Gasteiger partial charge in [-0.15, -0.1) is 0 Å². The summed E-state index contributed by atoms with van der Waals surface area (Å²) in [6.07, 6.45) is 2.86. The average molecular weight is 252 g/mol. The van der Waals surface area contributed by atoms with Gasteiger partial charge in [-0.25, -0.2) is 0 Å². The van der Waals surface area contributed by atoms with Crippen LogP contribution in [0.3, 0.4) is 0 Å². The average Bonchev–Trinajstić information content (AvgIpc) is 2.03. The van der Waals surface area contributed by atoms with E-state index >= 15 is 0 Å². The third-order valence-electron chi connectivity index (χ3n) is 1.15. The van der Waals surface area contributed by atoms with E-state index in [4.69, 9.17) is 0 Å². The molecule has 0 spiro atoms. The minimum atomic E-state index is -0.397. The summed E-state index contributed by atoms with van der Waals surface area (Å²) >= 11 is 3.23. The third kappa shape index (κ3) is 2.79. The number of rotatable bonds is 0. The van der Waals surface area contributed by atoms with Gasteiger partial charge in [-0.2, -0.15) is 4.79 Å². The second kappa shape index (κ2) is 5.11. The van der Waals surface area contributed by atoms with Gasteiger partial charge in [-0.05, 0) is 22.0 Å². The smallest absolute Gasteiger partial charge is 0.601 e. The van der Waals surface area contributed by atoms with Crippen molar-refractivity contribution in [1.29, 1.82) is 0 Å². The van der Waals surface area contributed by atoms with Gasteiger partial charge < -0.3 is 17.1 Å². The first kappa shape index (κ1) is 11.4. The third-order valence-corrected chi connectivity index (χ3v) is 1.62. The molecule has 3 nitrogen and oxygen atoms in total. The number of halogens is 2. The number of aromatic nitrogens is 1. The molecular formula is C7H7BrClNO2. The summed E-state index contributed by atoms with van der Waals surface area (Å²) in [7, 11) is 1.34. The highest BCUT2D eigenvalue weighted by molar-refractivity contribution is 9.10. The van der Waals surface area contributed by atoms with E-state index in [-0.39, 0.29) is 12.4 Å². The van der Waals surface area contributed by atoms with Crippen LogP contribution in [-0.2, 0) is 4.74 Å². The summed E-state index contributed by atoms with van der Waals surface area (Å²) in [5.74, 6) is 0. The predicted molar refractivity (Wildman–Crippen MR) is 42.1 cm³/mol. The standard InChI is InChI=1S/C7H7BrNO2.ClH/c1-11-7(10)9-4-2-3-6(8)5-9;/h2-5H,1H3;1H/q+1;/p-1. The van der Waals surface area contributed by atoms with Gasteiger partial charge in [0.2, 0.25) is 0 Å². The lowest BCUT2D eigenvalue weighted by molar-refractivity contribution is -0.585. The summed E-state index contributed by atoms with van der Waals surface area (Å²) < 4.78 is 6.68. The summed E-state index contributed by atoms with van der Waals surface area (Å²) in [6.45, 7) is 0. The number of nitrogens with zero attached hydrogens (tertiary/aromatic N) is 1. The fraction of sp³-hybridized carbons (Fsp3) is 0.143. The number of pyridine rings is 1. The highest BCUT2D eigenvalue weighted by Gasteiger charge is 2.12. The predicted octanol–water partition coefficient (Wildman–Crippen LogP) is -1.64. The van der Waals surface area contributed by atoms with Crippen molar-refractivity contribution in [3.8, 4) is 0 Å². The lowest BCUT2D eigenvalue weighted by atomic mass is 10.5. The lowest BCUT2D eigenvalue weighted by Crippen LogP contribution is -3.00. The largest absolute Gasteiger partial charge is 1.00 e. The van der Waals surface area contributed by atoms with Crippen LogP contribution < -0.4 is 17.0 Å². The number of carbonyl (C=O) groups excluding carboxylic acids is 1. The van der Waals surface area contributed by atoms with Crippen LogP contribution in [0.4, 0.5) is 4.79 Å². The summed E-state index contributed by atoms with van der Waals surface area (Å²) in [6, 6.07) is 3.58. The van der Waals surface area contributed by atoms with Crippen molar-refractivity contribution < 1.29 is 26.5 Å². The fourth-order valence-electron chi connectivity index (χ4n) is 0.666. The molecule has 66 valence electrons. The van der Waals surface area contributed by atoms with Crippen molar-refractivity contribution in [3.05, 3.63) is 29.0 Å². The minimum absolute atomic E-state index is 0. The van der Waals surface area contributed by atoms with Gasteiger partial charge >= 0.3 is 6.09 Å². The van der Waals surface area contributed by atoms with Crippen LogP contribution in [-0.4, -0.2) is 13.2 Å². The van der Waals surface area contributed by atoms with Gasteiger partial charge in [-0.3, -0.25) is 0 Å². The monoisotopic (exact) mass is 251 g/mol. The van der Waals surface area contributed by atoms with Crippen LogP contribution in [0, 0.1) is 0 Å². The van der Waals surface area contributed by atoms with Crippen LogP contribution in [0.1, 0.15) is 0 Å². The van der Waals surface area contributed by atoms with Gasteiger partial charge in [0.1, 0.15) is 0 Å². The maximum absolute atomic E-state index is 10.9. The van der Waals surface area contributed by atoms with Crippen LogP contribution in [0.2, 0.25) is 0 Å². The zero-order chi connectivity index (χ0) is 8.27. The molecule has 1 aromatic rings. The first-order valence-corrected chi connectivity index (χ1v) is 3.78. The Labute approximate surface area is 84.9 Å². The maximum Gasteiger partial charge on any atom is 0.601 e. The Hall–Kier alpha value is -0.610. The first-order valence-electron chi connectivity index (χ1n) is 2.99. The molecular weight excluding hydrogens is 245 g/mol. The Bertz CT molecular complexity index is 280. The molecule has 0 aliphatic rings. The van der Waals surface area contributed by atoms with Crippen molar-refractivity contribution >= 4 is 22.0 Å². The van der Waals surface area contributed by atoms with E-state index in [9.17, 15) is 4.79 Å². The number of ether oxygens (including phenoxy) is 1. The Kier molecular flexibility index (Phi) is 4.85. The SMILES string of the molecule is COC(=O)[n+]1cccc(Br)c1.[Cl-]. The molecule has 5 heteroatoms. The molecule has 0 aliphatic carbocycles. The fourth-order valence-corrected chi connectivity index (χ4v) is 1.04. The summed E-state index contributed by atoms with van der Waals surface area (Å²) in [5, 5.41) is 0. The topological polar surface area (TPSA) is 30.2 Å². The van der Waals surface area contributed by atoms with E-state index in [1.54, 1.807) is 18.5 Å². The minimum Gasteiger partial charge on any atom is -1.00 e. The van der Waals surface area contributed by atoms with E-state index in [1.807, 2.05) is 6.07 Å². The molecule has 1 aromatic heterocycles. The van der Waals surface area contributed by atoms with Crippen molar-refractivity contribution in [3.63, 3.8) is 0 Å². The molecule has 0 atom stereocenters. The van der Waals surface area contributed by atoms with Gasteiger partial charge in [0.25, 0.3) is 0 Å². The second-order valence-corrected chi connectivity index (χ2v) is 2.82. The van der Waals surface area contributed by atoms with Crippen LogP contribution in [0.25, 0.3) is 0 Å². The molecule has 0 radical (unpaired) electrons. The summed E-state index contributed by atoms with van der Waals surface area (Å²) in [4.78, 5) is 10.9. The number of hydrogen-bond donors (Lipinski definition) is 0. The van der Waals surface area contributed by atoms with Crippen molar-refractivity contribution in [2.24, 2.45) is 0 Å². The highest BCUT2D eigenvalue weighted by Crippen LogP contribution is 2.02. The molecule has 0 amide bonds. The van der Waals surface area contributed by atoms with Gasteiger partial charge in [0, 0.05) is 6.07 Å². The molecule has 0 bridgehead atoms. The Morgan fingerprint density at radius 2 is 2.33 bits per heavy atom. The van der Waals surface area contributed by atoms with Crippen LogP contribution >= 0.6 is 15.9 Å². The Balaban J connectivity index is 0.00000121. The lowest BCUT2D eigenvalue weighted by Gasteiger charge is -1.90. The zero-order valence-electron chi connectivity index (χ0n) is 6.33. The van der Waals surface area contributed by atoms with Gasteiger partial charge in [0.05, 0.1) is 11.6 Å². The molecule has 0 unspecified atom stereocenters. The molecule has 1 heterocycles. The molecule has 0 fully saturated rings. The van der Waals surface area contributed by atoms with Gasteiger partial charge in [0.15, 0.2) is 12.4 Å². The molecule has 0 N–H and O–H groups in total. The maximum atomic E-state index is 10.9. The quantitative estimate of drug-likeness (QED) is 0.518. The second-order valence-electron chi connectivity index (χ2n) is 1.90. The first-order chi connectivity index (χ1) is 5.24. The number of carbonyl (C=O) groups is 1. The normalized spacial score (nSPS) is 8.50. The van der Waals surface area contributed by atoms with Crippen LogP contribution in [0.5, 0.6) is 0 Å². The van der Waals surface area contributed by atoms with Gasteiger partial charge in [-0.1, -0.05) is 4.57 Å². The zero-order valence-corrected chi connectivity index (χ0v) is 8.67. The van der Waals surface area contributed by atoms with Crippen molar-refractivity contribution in [2.75, 3.05) is 7.11 Å². The molecule has 0 aliphatic heterocycles. The van der Waals surface area contributed by atoms with E-state index < -0.39 is 6.09 Å². The van der Waals surface area contributed by atoms with E-state index in [0.29, 0.717) is 0 Å². The molecule has 1 rings (SSSR count). The Morgan fingerprint density at radius 3 is 2.83 bits per heavy atom. The van der Waals surface area contributed by atoms with E-state index in [2.05, 4.69) is 20.7 Å². The van der Waals surface area contributed by atoms with Crippen LogP contribution in [0.15, 0.2) is 29.0 Å². The highest BCUT2D eigenvalue weighted by atomic mass is 79.9. The molecule has 12 heavy (non-hydrogen) atoms. The molecule has 0 saturated carbocycles. The molecule has 0 aromatic carbocycles. The number of methoxy groups -OCH3 is 1. The van der Waals surface area contributed by atoms with Crippen molar-refractivity contribution in [1.82, 2.24) is 0 Å². The van der Waals surface area contributed by atoms with E-state index in [0.717, 1.165) is 4.47 Å². The molecule has 0 saturated heterocycles. The summed E-state index contributed by atoms with van der Waals surface area (Å²) in [5.41, 5.74) is 0. The number of hydrogen-bond acceptors (Lipinski definition) is 2.